The maximum absolute atomic E-state index is 12.4. The summed E-state index contributed by atoms with van der Waals surface area (Å²) in [6, 6.07) is 12.1. The van der Waals surface area contributed by atoms with Gasteiger partial charge in [-0.25, -0.2) is 18.7 Å². The summed E-state index contributed by atoms with van der Waals surface area (Å²) in [6.45, 7) is 0.652. The summed E-state index contributed by atoms with van der Waals surface area (Å²) in [6.07, 6.45) is 2.94. The molecule has 0 atom stereocenters. The number of hydrogen-bond acceptors (Lipinski definition) is 6. The van der Waals surface area contributed by atoms with Gasteiger partial charge in [-0.05, 0) is 55.3 Å². The molecule has 0 unspecified atom stereocenters. The second-order valence-electron chi connectivity index (χ2n) is 7.98. The molecule has 0 saturated heterocycles. The number of rotatable bonds is 10. The van der Waals surface area contributed by atoms with Gasteiger partial charge in [-0.15, -0.1) is 0 Å². The van der Waals surface area contributed by atoms with E-state index in [1.54, 1.807) is 46.9 Å². The molecule has 2 amide bonds. The maximum Gasteiger partial charge on any atom is 0.431 e. The largest absolute Gasteiger partial charge is 0.463 e. The molecule has 1 aliphatic rings. The molecular weight excluding hydrogens is 528 g/mol. The van der Waals surface area contributed by atoms with Crippen molar-refractivity contribution in [1.82, 2.24) is 5.48 Å². The normalized spacial score (nSPS) is 13.0. The third-order valence-electron chi connectivity index (χ3n) is 5.49. The molecule has 0 aromatic heterocycles. The lowest BCUT2D eigenvalue weighted by atomic mass is 10.1. The van der Waals surface area contributed by atoms with Crippen molar-refractivity contribution < 1.29 is 28.3 Å². The Labute approximate surface area is 206 Å². The Morgan fingerprint density at radius 1 is 1.09 bits per heavy atom. The van der Waals surface area contributed by atoms with Crippen molar-refractivity contribution in [3.63, 3.8) is 0 Å². The van der Waals surface area contributed by atoms with E-state index in [1.807, 2.05) is 6.07 Å². The number of carbonyl (C=O) groups is 2. The van der Waals surface area contributed by atoms with Gasteiger partial charge in [-0.1, -0.05) is 28.8 Å². The van der Waals surface area contributed by atoms with E-state index in [-0.39, 0.29) is 13.0 Å². The molecule has 12 heteroatoms. The Bertz CT molecular complexity index is 1140. The van der Waals surface area contributed by atoms with Crippen LogP contribution in [0.2, 0.25) is 0 Å². The third-order valence-corrected chi connectivity index (χ3v) is 7.18. The summed E-state index contributed by atoms with van der Waals surface area (Å²) >= 11 is 3.41. The molecule has 184 valence electrons. The van der Waals surface area contributed by atoms with E-state index in [2.05, 4.69) is 15.9 Å². The minimum Gasteiger partial charge on any atom is -0.463 e. The van der Waals surface area contributed by atoms with Crippen molar-refractivity contribution in [1.29, 1.82) is 0 Å². The van der Waals surface area contributed by atoms with Crippen LogP contribution in [0.1, 0.15) is 37.7 Å². The number of carboxylic acid groups (broad SMARTS) is 1. The molecule has 34 heavy (non-hydrogen) atoms. The first kappa shape index (κ1) is 25.8. The van der Waals surface area contributed by atoms with Gasteiger partial charge in [0.15, 0.2) is 0 Å². The number of nitrogens with zero attached hydrogens (tertiary/aromatic N) is 3. The molecule has 2 aromatic rings. The Morgan fingerprint density at radius 2 is 1.76 bits per heavy atom. The van der Waals surface area contributed by atoms with Crippen LogP contribution in [0.5, 0.6) is 0 Å². The maximum atomic E-state index is 12.4. The SMILES string of the molecule is CS(=O)(=O)N(CCCCCCC(=O)NO)c1ccc(N2Cc3cc(Br)ccc3N2C(=O)O)cc1. The van der Waals surface area contributed by atoms with E-state index >= 15 is 0 Å². The Hall–Kier alpha value is -2.83. The summed E-state index contributed by atoms with van der Waals surface area (Å²) in [4.78, 5) is 23.0. The number of amides is 2. The second-order valence-corrected chi connectivity index (χ2v) is 10.8. The van der Waals surface area contributed by atoms with Crippen LogP contribution >= 0.6 is 15.9 Å². The minimum absolute atomic E-state index is 0.221. The van der Waals surface area contributed by atoms with Crippen LogP contribution in [-0.4, -0.2) is 43.5 Å². The van der Waals surface area contributed by atoms with E-state index in [0.717, 1.165) is 29.1 Å². The number of hydroxylamine groups is 1. The van der Waals surface area contributed by atoms with E-state index in [1.165, 1.54) is 9.31 Å². The first-order valence-electron chi connectivity index (χ1n) is 10.7. The fraction of sp³-hybridized carbons (Fsp3) is 0.364. The van der Waals surface area contributed by atoms with Crippen LogP contribution in [0.3, 0.4) is 0 Å². The van der Waals surface area contributed by atoms with Crippen molar-refractivity contribution in [3.05, 3.63) is 52.5 Å². The highest BCUT2D eigenvalue weighted by Crippen LogP contribution is 2.37. The van der Waals surface area contributed by atoms with Gasteiger partial charge < -0.3 is 5.11 Å². The van der Waals surface area contributed by atoms with Crippen LogP contribution in [0.4, 0.5) is 21.9 Å². The van der Waals surface area contributed by atoms with E-state index in [9.17, 15) is 23.1 Å². The first-order chi connectivity index (χ1) is 16.1. The number of fused-ring (bicyclic) bond motifs is 1. The van der Waals surface area contributed by atoms with E-state index in [4.69, 9.17) is 5.21 Å². The Morgan fingerprint density at radius 3 is 2.38 bits per heavy atom. The predicted molar refractivity (Wildman–Crippen MR) is 132 cm³/mol. The number of unbranched alkanes of at least 4 members (excludes halogenated alkanes) is 3. The van der Waals surface area contributed by atoms with E-state index < -0.39 is 22.0 Å². The summed E-state index contributed by atoms with van der Waals surface area (Å²) in [5.74, 6) is -0.437. The van der Waals surface area contributed by atoms with Gasteiger partial charge in [-0.2, -0.15) is 5.01 Å². The number of nitrogens with one attached hydrogen (secondary N) is 1. The molecule has 2 aromatic carbocycles. The Kier molecular flexibility index (Phi) is 8.39. The van der Waals surface area contributed by atoms with Crippen LogP contribution in [0, 0.1) is 0 Å². The highest BCUT2D eigenvalue weighted by molar-refractivity contribution is 9.10. The van der Waals surface area contributed by atoms with Crippen molar-refractivity contribution >= 4 is 55.0 Å². The first-order valence-corrected chi connectivity index (χ1v) is 13.4. The average molecular weight is 555 g/mol. The topological polar surface area (TPSA) is 130 Å². The number of hydrogen-bond donors (Lipinski definition) is 3. The van der Waals surface area contributed by atoms with Crippen molar-refractivity contribution in [3.8, 4) is 0 Å². The molecular formula is C22H27BrN4O6S. The lowest BCUT2D eigenvalue weighted by Crippen LogP contribution is -2.41. The van der Waals surface area contributed by atoms with Gasteiger partial charge in [0.25, 0.3) is 0 Å². The van der Waals surface area contributed by atoms with Gasteiger partial charge in [0, 0.05) is 23.0 Å². The summed E-state index contributed by atoms with van der Waals surface area (Å²) in [7, 11) is -3.52. The van der Waals surface area contributed by atoms with Crippen LogP contribution in [0.25, 0.3) is 0 Å². The predicted octanol–water partition coefficient (Wildman–Crippen LogP) is 4.09. The van der Waals surface area contributed by atoms with Gasteiger partial charge >= 0.3 is 6.09 Å². The van der Waals surface area contributed by atoms with Gasteiger partial charge in [-0.3, -0.25) is 19.3 Å². The summed E-state index contributed by atoms with van der Waals surface area (Å²) < 4.78 is 27.0. The number of hydrazine groups is 1. The number of sulfonamides is 1. The zero-order valence-corrected chi connectivity index (χ0v) is 21.0. The zero-order chi connectivity index (χ0) is 24.9. The van der Waals surface area contributed by atoms with Crippen molar-refractivity contribution in [2.75, 3.05) is 27.1 Å². The molecule has 0 radical (unpaired) electrons. The lowest BCUT2D eigenvalue weighted by molar-refractivity contribution is -0.129. The smallest absolute Gasteiger partial charge is 0.431 e. The zero-order valence-electron chi connectivity index (χ0n) is 18.6. The highest BCUT2D eigenvalue weighted by atomic mass is 79.9. The lowest BCUT2D eigenvalue weighted by Gasteiger charge is -2.28. The van der Waals surface area contributed by atoms with Crippen LogP contribution in [0.15, 0.2) is 46.9 Å². The molecule has 3 N–H and O–H groups in total. The number of carbonyl (C=O) groups excluding carboxylic acids is 1. The molecule has 0 saturated carbocycles. The fourth-order valence-electron chi connectivity index (χ4n) is 3.89. The molecule has 0 aliphatic carbocycles. The fourth-order valence-corrected chi connectivity index (χ4v) is 5.26. The molecule has 10 nitrogen and oxygen atoms in total. The highest BCUT2D eigenvalue weighted by Gasteiger charge is 2.32. The number of halogens is 1. The van der Waals surface area contributed by atoms with Crippen LogP contribution < -0.4 is 19.8 Å². The van der Waals surface area contributed by atoms with E-state index in [0.29, 0.717) is 36.4 Å². The molecule has 1 aliphatic heterocycles. The quantitative estimate of drug-likeness (QED) is 0.229. The molecule has 0 spiro atoms. The standard InChI is InChI=1S/C22H27BrN4O6S/c1-34(32,33)26(13-5-3-2-4-6-21(28)24-31)19-10-8-18(9-11-19)25-15-16-14-17(23)7-12-20(16)27(25)22(29)30/h7-12,14,31H,2-6,13,15H2,1H3,(H,24,28)(H,29,30). The summed E-state index contributed by atoms with van der Waals surface area (Å²) in [5.41, 5.74) is 4.14. The van der Waals surface area contributed by atoms with Gasteiger partial charge in [0.05, 0.1) is 29.9 Å². The average Bonchev–Trinajstić information content (AvgIpc) is 3.16. The minimum atomic E-state index is -3.52. The molecule has 0 bridgehead atoms. The number of benzene rings is 2. The molecule has 0 fully saturated rings. The monoisotopic (exact) mass is 554 g/mol. The van der Waals surface area contributed by atoms with Gasteiger partial charge in [0.1, 0.15) is 0 Å². The van der Waals surface area contributed by atoms with Crippen molar-refractivity contribution in [2.24, 2.45) is 0 Å². The number of anilines is 3. The Balaban J connectivity index is 1.69. The van der Waals surface area contributed by atoms with Crippen molar-refractivity contribution in [2.45, 2.75) is 38.6 Å². The van der Waals surface area contributed by atoms with Crippen LogP contribution in [-0.2, 0) is 21.4 Å². The third kappa shape index (κ3) is 6.19. The summed E-state index contributed by atoms with van der Waals surface area (Å²) in [5, 5.41) is 21.1. The van der Waals surface area contributed by atoms with Gasteiger partial charge in [0.2, 0.25) is 15.9 Å². The molecule has 3 rings (SSSR count). The second kappa shape index (κ2) is 11.1. The molecule has 1 heterocycles.